The normalized spacial score (nSPS) is 11.0. The van der Waals surface area contributed by atoms with Gasteiger partial charge < -0.3 is 14.7 Å². The molecule has 2 aromatic heterocycles. The van der Waals surface area contributed by atoms with Crippen molar-refractivity contribution in [2.45, 2.75) is 6.92 Å². The summed E-state index contributed by atoms with van der Waals surface area (Å²) in [5.41, 5.74) is 6.27. The zero-order valence-electron chi connectivity index (χ0n) is 16.7. The topological polar surface area (TPSA) is 95.8 Å². The van der Waals surface area contributed by atoms with Crippen LogP contribution in [0.25, 0.3) is 11.3 Å². The number of likely N-dealkylation sites (N-methyl/N-ethyl adjacent to an activating group) is 1. The number of phenols is 1. The summed E-state index contributed by atoms with van der Waals surface area (Å²) in [6, 6.07) is 10.9. The Labute approximate surface area is 169 Å². The average molecular weight is 392 g/mol. The van der Waals surface area contributed by atoms with Gasteiger partial charge in [0.15, 0.2) is 5.82 Å². The molecule has 0 aliphatic carbocycles. The molecule has 0 amide bonds. The number of hydrogen-bond acceptors (Lipinski definition) is 8. The van der Waals surface area contributed by atoms with E-state index in [0.717, 1.165) is 16.8 Å². The second-order valence-corrected chi connectivity index (χ2v) is 6.52. The van der Waals surface area contributed by atoms with Gasteiger partial charge in [-0.2, -0.15) is 10.1 Å². The van der Waals surface area contributed by atoms with Gasteiger partial charge in [0, 0.05) is 50.3 Å². The number of ether oxygens (including phenoxy) is 1. The minimum atomic E-state index is 0.168. The van der Waals surface area contributed by atoms with Crippen LogP contribution < -0.4 is 10.3 Å². The van der Waals surface area contributed by atoms with E-state index in [1.807, 2.05) is 49.2 Å². The number of pyridine rings is 1. The van der Waals surface area contributed by atoms with Crippen molar-refractivity contribution in [3.8, 4) is 17.0 Å². The van der Waals surface area contributed by atoms with Gasteiger partial charge in [-0.1, -0.05) is 11.6 Å². The number of benzene rings is 1. The van der Waals surface area contributed by atoms with Crippen LogP contribution >= 0.6 is 0 Å². The molecule has 0 unspecified atom stereocenters. The highest BCUT2D eigenvalue weighted by Crippen LogP contribution is 2.22. The highest BCUT2D eigenvalue weighted by molar-refractivity contribution is 5.84. The molecule has 0 saturated carbocycles. The molecule has 3 rings (SSSR count). The van der Waals surface area contributed by atoms with Crippen molar-refractivity contribution in [1.82, 2.24) is 15.0 Å². The van der Waals surface area contributed by atoms with Crippen LogP contribution in [0.2, 0.25) is 0 Å². The SMILES string of the molecule is COCCN(C)c1nc(N/N=C/c2cc(C)ccc2O)cc(-c2ccncc2)n1. The van der Waals surface area contributed by atoms with Crippen molar-refractivity contribution >= 4 is 18.0 Å². The predicted octanol–water partition coefficient (Wildman–Crippen LogP) is 3.08. The third kappa shape index (κ3) is 5.49. The van der Waals surface area contributed by atoms with Gasteiger partial charge >= 0.3 is 0 Å². The predicted molar refractivity (Wildman–Crippen MR) is 114 cm³/mol. The summed E-state index contributed by atoms with van der Waals surface area (Å²) in [6.45, 7) is 3.17. The number of aromatic nitrogens is 3. The zero-order valence-corrected chi connectivity index (χ0v) is 16.7. The zero-order chi connectivity index (χ0) is 20.6. The number of nitrogens with zero attached hydrogens (tertiary/aromatic N) is 5. The van der Waals surface area contributed by atoms with Gasteiger partial charge in [0.2, 0.25) is 5.95 Å². The molecule has 0 aliphatic heterocycles. The van der Waals surface area contributed by atoms with Gasteiger partial charge in [-0.05, 0) is 31.2 Å². The van der Waals surface area contributed by atoms with Crippen LogP contribution in [0.4, 0.5) is 11.8 Å². The number of anilines is 2. The minimum absolute atomic E-state index is 0.168. The molecule has 3 aromatic rings. The lowest BCUT2D eigenvalue weighted by Gasteiger charge is -2.18. The molecular weight excluding hydrogens is 368 g/mol. The Balaban J connectivity index is 1.88. The third-order valence-electron chi connectivity index (χ3n) is 4.23. The van der Waals surface area contributed by atoms with E-state index in [9.17, 15) is 5.11 Å². The Kier molecular flexibility index (Phi) is 6.70. The van der Waals surface area contributed by atoms with Crippen molar-refractivity contribution in [1.29, 1.82) is 0 Å². The number of methoxy groups -OCH3 is 1. The van der Waals surface area contributed by atoms with Crippen LogP contribution in [-0.4, -0.2) is 53.6 Å². The lowest BCUT2D eigenvalue weighted by atomic mass is 10.1. The molecule has 8 nitrogen and oxygen atoms in total. The van der Waals surface area contributed by atoms with Gasteiger partial charge in [-0.25, -0.2) is 4.98 Å². The number of aromatic hydroxyl groups is 1. The van der Waals surface area contributed by atoms with Crippen LogP contribution in [0.1, 0.15) is 11.1 Å². The molecule has 29 heavy (non-hydrogen) atoms. The fraction of sp³-hybridized carbons (Fsp3) is 0.238. The third-order valence-corrected chi connectivity index (χ3v) is 4.23. The molecule has 0 spiro atoms. The van der Waals surface area contributed by atoms with E-state index in [2.05, 4.69) is 25.5 Å². The Morgan fingerprint density at radius 2 is 1.97 bits per heavy atom. The molecule has 2 heterocycles. The summed E-state index contributed by atoms with van der Waals surface area (Å²) in [7, 11) is 3.56. The quantitative estimate of drug-likeness (QED) is 0.449. The summed E-state index contributed by atoms with van der Waals surface area (Å²) in [6.07, 6.45) is 5.00. The Hall–Kier alpha value is -3.52. The second kappa shape index (κ2) is 9.61. The van der Waals surface area contributed by atoms with E-state index in [0.29, 0.717) is 30.5 Å². The van der Waals surface area contributed by atoms with Crippen LogP contribution in [0, 0.1) is 6.92 Å². The van der Waals surface area contributed by atoms with Crippen molar-refractivity contribution in [2.75, 3.05) is 37.6 Å². The molecule has 2 N–H and O–H groups in total. The van der Waals surface area contributed by atoms with Gasteiger partial charge in [0.05, 0.1) is 18.5 Å². The maximum absolute atomic E-state index is 9.96. The molecule has 0 aliphatic rings. The van der Waals surface area contributed by atoms with E-state index in [4.69, 9.17) is 4.74 Å². The molecule has 1 aromatic carbocycles. The smallest absolute Gasteiger partial charge is 0.227 e. The molecule has 0 radical (unpaired) electrons. The highest BCUT2D eigenvalue weighted by atomic mass is 16.5. The van der Waals surface area contributed by atoms with Crippen molar-refractivity contribution in [2.24, 2.45) is 5.10 Å². The minimum Gasteiger partial charge on any atom is -0.507 e. The monoisotopic (exact) mass is 392 g/mol. The largest absolute Gasteiger partial charge is 0.507 e. The lowest BCUT2D eigenvalue weighted by molar-refractivity contribution is 0.206. The molecular formula is C21H24N6O2. The molecule has 0 bridgehead atoms. The maximum Gasteiger partial charge on any atom is 0.227 e. The summed E-state index contributed by atoms with van der Waals surface area (Å²) < 4.78 is 5.15. The van der Waals surface area contributed by atoms with E-state index in [1.54, 1.807) is 31.8 Å². The Morgan fingerprint density at radius 3 is 2.72 bits per heavy atom. The van der Waals surface area contributed by atoms with Gasteiger partial charge in [0.1, 0.15) is 5.75 Å². The van der Waals surface area contributed by atoms with Crippen LogP contribution in [0.15, 0.2) is 53.9 Å². The van der Waals surface area contributed by atoms with Crippen molar-refractivity contribution in [3.63, 3.8) is 0 Å². The number of rotatable bonds is 8. The summed E-state index contributed by atoms with van der Waals surface area (Å²) >= 11 is 0. The van der Waals surface area contributed by atoms with E-state index in [1.165, 1.54) is 0 Å². The maximum atomic E-state index is 9.96. The van der Waals surface area contributed by atoms with E-state index < -0.39 is 0 Å². The number of hydrogen-bond donors (Lipinski definition) is 2. The average Bonchev–Trinajstić information content (AvgIpc) is 2.75. The number of nitrogens with one attached hydrogen (secondary N) is 1. The fourth-order valence-electron chi connectivity index (χ4n) is 2.61. The van der Waals surface area contributed by atoms with Crippen LogP contribution in [0.5, 0.6) is 5.75 Å². The molecule has 150 valence electrons. The van der Waals surface area contributed by atoms with Crippen molar-refractivity contribution < 1.29 is 9.84 Å². The number of phenolic OH excluding ortho intramolecular Hbond substituents is 1. The fourth-order valence-corrected chi connectivity index (χ4v) is 2.61. The standard InChI is InChI=1S/C21H24N6O2/c1-15-4-5-19(28)17(12-15)14-23-26-20-13-18(16-6-8-22-9-7-16)24-21(25-20)27(2)10-11-29-3/h4-9,12-14,28H,10-11H2,1-3H3,(H,24,25,26)/b23-14+. The lowest BCUT2D eigenvalue weighted by Crippen LogP contribution is -2.24. The van der Waals surface area contributed by atoms with Crippen molar-refractivity contribution in [3.05, 3.63) is 59.9 Å². The number of hydrazone groups is 1. The first-order chi connectivity index (χ1) is 14.1. The molecule has 0 saturated heterocycles. The number of aryl methyl sites for hydroxylation is 1. The Morgan fingerprint density at radius 1 is 1.17 bits per heavy atom. The first-order valence-corrected chi connectivity index (χ1v) is 9.15. The Bertz CT molecular complexity index is 978. The summed E-state index contributed by atoms with van der Waals surface area (Å²) in [5.74, 6) is 1.25. The first-order valence-electron chi connectivity index (χ1n) is 9.15. The van der Waals surface area contributed by atoms with E-state index in [-0.39, 0.29) is 5.75 Å². The highest BCUT2D eigenvalue weighted by Gasteiger charge is 2.10. The molecule has 0 atom stereocenters. The van der Waals surface area contributed by atoms with Crippen LogP contribution in [0.3, 0.4) is 0 Å². The van der Waals surface area contributed by atoms with E-state index >= 15 is 0 Å². The van der Waals surface area contributed by atoms with Gasteiger partial charge in [-0.15, -0.1) is 0 Å². The second-order valence-electron chi connectivity index (χ2n) is 6.52. The molecule has 0 fully saturated rings. The van der Waals surface area contributed by atoms with Gasteiger partial charge in [0.25, 0.3) is 0 Å². The van der Waals surface area contributed by atoms with Gasteiger partial charge in [-0.3, -0.25) is 10.4 Å². The summed E-state index contributed by atoms with van der Waals surface area (Å²) in [4.78, 5) is 15.2. The van der Waals surface area contributed by atoms with Crippen LogP contribution in [-0.2, 0) is 4.74 Å². The molecule has 8 heteroatoms. The summed E-state index contributed by atoms with van der Waals surface area (Å²) in [5, 5.41) is 14.2. The first kappa shape index (κ1) is 20.2.